The predicted octanol–water partition coefficient (Wildman–Crippen LogP) is 4.86. The summed E-state index contributed by atoms with van der Waals surface area (Å²) in [6.07, 6.45) is 6.83. The van der Waals surface area contributed by atoms with Crippen LogP contribution in [0.4, 0.5) is 5.69 Å². The van der Waals surface area contributed by atoms with Gasteiger partial charge in [0.2, 0.25) is 5.91 Å². The lowest BCUT2D eigenvalue weighted by atomic mass is 10.1. The van der Waals surface area contributed by atoms with E-state index in [1.807, 2.05) is 35.2 Å². The van der Waals surface area contributed by atoms with Gasteiger partial charge in [0.25, 0.3) is 5.91 Å². The fourth-order valence-corrected chi connectivity index (χ4v) is 4.31. The van der Waals surface area contributed by atoms with E-state index in [-0.39, 0.29) is 35.7 Å². The summed E-state index contributed by atoms with van der Waals surface area (Å²) in [5.74, 6) is -0.516. The van der Waals surface area contributed by atoms with Gasteiger partial charge in [0, 0.05) is 37.2 Å². The summed E-state index contributed by atoms with van der Waals surface area (Å²) >= 11 is 5.22. The van der Waals surface area contributed by atoms with Crippen LogP contribution in [0.3, 0.4) is 0 Å². The fourth-order valence-electron chi connectivity index (χ4n) is 4.08. The Bertz CT molecular complexity index is 1000. The molecule has 0 radical (unpaired) electrons. The molecule has 7 nitrogen and oxygen atoms in total. The van der Waals surface area contributed by atoms with Crippen molar-refractivity contribution in [2.75, 3.05) is 25.0 Å². The van der Waals surface area contributed by atoms with Gasteiger partial charge in [-0.3, -0.25) is 14.4 Å². The van der Waals surface area contributed by atoms with Gasteiger partial charge in [-0.2, -0.15) is 0 Å². The summed E-state index contributed by atoms with van der Waals surface area (Å²) in [7, 11) is 0. The molecule has 36 heavy (non-hydrogen) atoms. The van der Waals surface area contributed by atoms with Crippen molar-refractivity contribution in [1.82, 2.24) is 10.2 Å². The topological polar surface area (TPSA) is 87.7 Å². The number of nitrogens with zero attached hydrogens (tertiary/aromatic N) is 1. The molecule has 1 aliphatic heterocycles. The molecule has 1 fully saturated rings. The highest BCUT2D eigenvalue weighted by Gasteiger charge is 2.17. The molecular weight excluding hydrogens is 474 g/mol. The number of esters is 1. The molecule has 8 heteroatoms. The van der Waals surface area contributed by atoms with E-state index in [1.54, 1.807) is 24.3 Å². The Morgan fingerprint density at radius 3 is 2.25 bits per heavy atom. The lowest BCUT2D eigenvalue weighted by Gasteiger charge is -2.20. The molecule has 1 saturated heterocycles. The van der Waals surface area contributed by atoms with Crippen LogP contribution in [0.1, 0.15) is 67.3 Å². The van der Waals surface area contributed by atoms with Crippen LogP contribution in [0.25, 0.3) is 0 Å². The smallest absolute Gasteiger partial charge is 0.305 e. The van der Waals surface area contributed by atoms with E-state index >= 15 is 0 Å². The van der Waals surface area contributed by atoms with Crippen LogP contribution in [-0.2, 0) is 20.7 Å². The highest BCUT2D eigenvalue weighted by molar-refractivity contribution is 7.80. The van der Waals surface area contributed by atoms with Gasteiger partial charge in [0.15, 0.2) is 5.11 Å². The van der Waals surface area contributed by atoms with E-state index in [0.29, 0.717) is 24.3 Å². The molecule has 0 spiro atoms. The first kappa shape index (κ1) is 27.3. The molecule has 2 aromatic carbocycles. The summed E-state index contributed by atoms with van der Waals surface area (Å²) in [6, 6.07) is 17.1. The quantitative estimate of drug-likeness (QED) is 0.270. The Kier molecular flexibility index (Phi) is 11.4. The van der Waals surface area contributed by atoms with Crippen molar-refractivity contribution < 1.29 is 19.1 Å². The highest BCUT2D eigenvalue weighted by Crippen LogP contribution is 2.15. The number of benzene rings is 2. The maximum Gasteiger partial charge on any atom is 0.305 e. The zero-order valence-corrected chi connectivity index (χ0v) is 21.5. The van der Waals surface area contributed by atoms with Crippen LogP contribution in [0, 0.1) is 0 Å². The van der Waals surface area contributed by atoms with Crippen LogP contribution < -0.4 is 10.6 Å². The molecule has 0 saturated carbocycles. The van der Waals surface area contributed by atoms with Crippen molar-refractivity contribution in [2.45, 2.75) is 57.8 Å². The number of thiocarbonyl (C=S) groups is 1. The maximum atomic E-state index is 12.7. The molecule has 1 heterocycles. The Hall–Kier alpha value is -3.26. The maximum absolute atomic E-state index is 12.7. The Balaban J connectivity index is 1.29. The van der Waals surface area contributed by atoms with Crippen LogP contribution in [0.15, 0.2) is 54.6 Å². The minimum Gasteiger partial charge on any atom is -0.466 e. The summed E-state index contributed by atoms with van der Waals surface area (Å²) in [5, 5.41) is 5.76. The van der Waals surface area contributed by atoms with Crippen molar-refractivity contribution in [3.63, 3.8) is 0 Å². The highest BCUT2D eigenvalue weighted by atomic mass is 32.1. The lowest BCUT2D eigenvalue weighted by Crippen LogP contribution is -2.34. The standard InChI is InChI=1S/C28H35N3O4S/c32-25(13-8-14-26(33)35-21-9-12-22-10-4-3-5-11-22)30-28(36)29-24-17-15-23(16-18-24)27(34)31-19-6-1-2-7-20-31/h3-5,10-11,15-18H,1-2,6-9,12-14,19-21H2,(H2,29,30,32,36). The monoisotopic (exact) mass is 509 g/mol. The number of likely N-dealkylation sites (tertiary alicyclic amines) is 1. The van der Waals surface area contributed by atoms with Crippen LogP contribution >= 0.6 is 12.2 Å². The molecule has 0 bridgehead atoms. The first-order valence-corrected chi connectivity index (χ1v) is 13.1. The third kappa shape index (κ3) is 9.77. The van der Waals surface area contributed by atoms with Crippen molar-refractivity contribution in [3.05, 3.63) is 65.7 Å². The summed E-state index contributed by atoms with van der Waals surface area (Å²) in [5.41, 5.74) is 2.54. The van der Waals surface area contributed by atoms with Crippen LogP contribution in [0.2, 0.25) is 0 Å². The average Bonchev–Trinajstić information content (AvgIpc) is 3.17. The number of hydrogen-bond acceptors (Lipinski definition) is 5. The molecule has 2 amide bonds. The minimum absolute atomic E-state index is 0.0500. The van der Waals surface area contributed by atoms with Crippen LogP contribution in [-0.4, -0.2) is 47.5 Å². The van der Waals surface area contributed by atoms with E-state index in [9.17, 15) is 14.4 Å². The molecule has 0 unspecified atom stereocenters. The van der Waals surface area contributed by atoms with Crippen LogP contribution in [0.5, 0.6) is 0 Å². The van der Waals surface area contributed by atoms with E-state index in [2.05, 4.69) is 10.6 Å². The molecule has 192 valence electrons. The number of carbonyl (C=O) groups is 3. The normalized spacial score (nSPS) is 13.4. The number of anilines is 1. The zero-order valence-electron chi connectivity index (χ0n) is 20.7. The molecule has 2 aromatic rings. The molecular formula is C28H35N3O4S. The first-order valence-electron chi connectivity index (χ1n) is 12.7. The number of hydrogen-bond donors (Lipinski definition) is 2. The predicted molar refractivity (Wildman–Crippen MR) is 145 cm³/mol. The Morgan fingerprint density at radius 1 is 0.861 bits per heavy atom. The van der Waals surface area contributed by atoms with E-state index in [4.69, 9.17) is 17.0 Å². The van der Waals surface area contributed by atoms with Gasteiger partial charge >= 0.3 is 5.97 Å². The van der Waals surface area contributed by atoms with E-state index < -0.39 is 0 Å². The third-order valence-electron chi connectivity index (χ3n) is 6.04. The molecule has 0 atom stereocenters. The molecule has 0 aliphatic carbocycles. The Labute approximate surface area is 218 Å². The van der Waals surface area contributed by atoms with Gasteiger partial charge in [-0.25, -0.2) is 0 Å². The second kappa shape index (κ2) is 15.0. The molecule has 0 aromatic heterocycles. The SMILES string of the molecule is O=C(CCCC(=O)OCCCc1ccccc1)NC(=S)Nc1ccc(C(=O)N2CCCCCC2)cc1. The van der Waals surface area contributed by atoms with E-state index in [1.165, 1.54) is 18.4 Å². The summed E-state index contributed by atoms with van der Waals surface area (Å²) < 4.78 is 5.24. The number of amides is 2. The third-order valence-corrected chi connectivity index (χ3v) is 6.24. The Morgan fingerprint density at radius 2 is 1.56 bits per heavy atom. The molecule has 2 N–H and O–H groups in total. The van der Waals surface area contributed by atoms with Crippen molar-refractivity contribution >= 4 is 40.8 Å². The second-order valence-electron chi connectivity index (χ2n) is 8.95. The van der Waals surface area contributed by atoms with Crippen molar-refractivity contribution in [2.24, 2.45) is 0 Å². The molecule has 3 rings (SSSR count). The van der Waals surface area contributed by atoms with Gasteiger partial charge in [0.1, 0.15) is 0 Å². The number of rotatable bonds is 10. The lowest BCUT2D eigenvalue weighted by molar-refractivity contribution is -0.143. The number of ether oxygens (including phenoxy) is 1. The van der Waals surface area contributed by atoms with Gasteiger partial charge in [-0.15, -0.1) is 0 Å². The first-order chi connectivity index (χ1) is 17.5. The van der Waals surface area contributed by atoms with Crippen molar-refractivity contribution in [1.29, 1.82) is 0 Å². The van der Waals surface area contributed by atoms with E-state index in [0.717, 1.165) is 38.8 Å². The van der Waals surface area contributed by atoms with Gasteiger partial charge in [-0.1, -0.05) is 43.2 Å². The number of nitrogens with one attached hydrogen (secondary N) is 2. The minimum atomic E-state index is -0.300. The average molecular weight is 510 g/mol. The number of carbonyl (C=O) groups excluding carboxylic acids is 3. The largest absolute Gasteiger partial charge is 0.466 e. The van der Waals surface area contributed by atoms with Crippen molar-refractivity contribution in [3.8, 4) is 0 Å². The summed E-state index contributed by atoms with van der Waals surface area (Å²) in [4.78, 5) is 38.6. The number of aryl methyl sites for hydroxylation is 1. The fraction of sp³-hybridized carbons (Fsp3) is 0.429. The second-order valence-corrected chi connectivity index (χ2v) is 9.36. The zero-order chi connectivity index (χ0) is 25.6. The van der Waals surface area contributed by atoms with Gasteiger partial charge in [0.05, 0.1) is 6.61 Å². The molecule has 1 aliphatic rings. The van der Waals surface area contributed by atoms with Gasteiger partial charge in [-0.05, 0) is 74.2 Å². The summed E-state index contributed by atoms with van der Waals surface area (Å²) in [6.45, 7) is 1.98. The van der Waals surface area contributed by atoms with Gasteiger partial charge < -0.3 is 20.3 Å².